The van der Waals surface area contributed by atoms with Crippen LogP contribution in [0.1, 0.15) is 35.7 Å². The van der Waals surface area contributed by atoms with Gasteiger partial charge in [-0.05, 0) is 49.4 Å². The molecule has 0 radical (unpaired) electrons. The number of aromatic hydroxyl groups is 1. The molecule has 1 aliphatic heterocycles. The van der Waals surface area contributed by atoms with Gasteiger partial charge >= 0.3 is 0 Å². The lowest BCUT2D eigenvalue weighted by Crippen LogP contribution is -2.28. The number of amides is 1. The molecule has 1 amide bonds. The molecule has 31 heavy (non-hydrogen) atoms. The number of rotatable bonds is 5. The predicted molar refractivity (Wildman–Crippen MR) is 120 cm³/mol. The maximum atomic E-state index is 12.7. The first-order valence-corrected chi connectivity index (χ1v) is 11.5. The van der Waals surface area contributed by atoms with Gasteiger partial charge < -0.3 is 5.11 Å². The average molecular weight is 438 g/mol. The molecule has 8 heteroatoms. The highest BCUT2D eigenvalue weighted by Gasteiger charge is 2.27. The molecule has 2 N–H and O–H groups in total. The molecule has 4 rings (SSSR count). The van der Waals surface area contributed by atoms with Crippen molar-refractivity contribution in [3.05, 3.63) is 71.8 Å². The van der Waals surface area contributed by atoms with Crippen LogP contribution in [0.5, 0.6) is 5.75 Å². The number of nitrogens with zero attached hydrogens (tertiary/aromatic N) is 2. The third-order valence-corrected chi connectivity index (χ3v) is 7.31. The van der Waals surface area contributed by atoms with Gasteiger partial charge in [-0.2, -0.15) is 9.41 Å². The summed E-state index contributed by atoms with van der Waals surface area (Å²) in [6.07, 6.45) is 1.68. The van der Waals surface area contributed by atoms with Gasteiger partial charge in [0.15, 0.2) is 0 Å². The molecule has 0 unspecified atom stereocenters. The highest BCUT2D eigenvalue weighted by molar-refractivity contribution is 7.89. The number of benzene rings is 3. The van der Waals surface area contributed by atoms with Crippen molar-refractivity contribution < 1.29 is 18.3 Å². The normalized spacial score (nSPS) is 15.3. The summed E-state index contributed by atoms with van der Waals surface area (Å²) in [5.74, 6) is -0.439. The molecule has 7 nitrogen and oxygen atoms in total. The van der Waals surface area contributed by atoms with Crippen LogP contribution in [0.15, 0.2) is 70.7 Å². The van der Waals surface area contributed by atoms with Gasteiger partial charge in [0.05, 0.1) is 10.6 Å². The van der Waals surface area contributed by atoms with E-state index in [1.807, 2.05) is 30.3 Å². The van der Waals surface area contributed by atoms with Crippen LogP contribution in [0.4, 0.5) is 0 Å². The summed E-state index contributed by atoms with van der Waals surface area (Å²) in [4.78, 5) is 12.7. The zero-order chi connectivity index (χ0) is 22.0. The summed E-state index contributed by atoms with van der Waals surface area (Å²) in [5, 5.41) is 16.3. The van der Waals surface area contributed by atoms with E-state index in [1.54, 1.807) is 19.1 Å². The van der Waals surface area contributed by atoms with Gasteiger partial charge in [-0.3, -0.25) is 4.79 Å². The largest absolute Gasteiger partial charge is 0.507 e. The number of carbonyl (C=O) groups excluding carboxylic acids is 1. The number of nitrogens with one attached hydrogen (secondary N) is 1. The van der Waals surface area contributed by atoms with E-state index >= 15 is 0 Å². The summed E-state index contributed by atoms with van der Waals surface area (Å²) >= 11 is 0. The molecule has 0 saturated carbocycles. The number of hydrogen-bond donors (Lipinski definition) is 2. The first kappa shape index (κ1) is 21.0. The molecule has 0 atom stereocenters. The van der Waals surface area contributed by atoms with Gasteiger partial charge in [-0.15, -0.1) is 0 Å². The SMILES string of the molecule is CC(=NNC(=O)c1cccc(S(=O)(=O)N2CCCC2)c1)c1ccc2ccccc2c1O. The molecule has 0 aliphatic carbocycles. The number of phenolic OH excluding ortho intramolecular Hbond substituents is 1. The first-order valence-electron chi connectivity index (χ1n) is 10.0. The summed E-state index contributed by atoms with van der Waals surface area (Å²) in [7, 11) is -3.61. The molecule has 3 aromatic carbocycles. The van der Waals surface area contributed by atoms with Gasteiger partial charge in [0.2, 0.25) is 10.0 Å². The van der Waals surface area contributed by atoms with Crippen molar-refractivity contribution in [2.24, 2.45) is 5.10 Å². The summed E-state index contributed by atoms with van der Waals surface area (Å²) in [5.41, 5.74) is 3.58. The van der Waals surface area contributed by atoms with Crippen molar-refractivity contribution in [1.82, 2.24) is 9.73 Å². The van der Waals surface area contributed by atoms with Crippen molar-refractivity contribution in [1.29, 1.82) is 0 Å². The minimum atomic E-state index is -3.61. The van der Waals surface area contributed by atoms with Crippen LogP contribution < -0.4 is 5.43 Å². The van der Waals surface area contributed by atoms with Crippen molar-refractivity contribution in [3.63, 3.8) is 0 Å². The lowest BCUT2D eigenvalue weighted by Gasteiger charge is -2.15. The maximum Gasteiger partial charge on any atom is 0.271 e. The van der Waals surface area contributed by atoms with E-state index in [9.17, 15) is 18.3 Å². The van der Waals surface area contributed by atoms with Crippen LogP contribution in [0, 0.1) is 0 Å². The number of hydrogen-bond acceptors (Lipinski definition) is 5. The Morgan fingerprint density at radius 3 is 2.55 bits per heavy atom. The highest BCUT2D eigenvalue weighted by atomic mass is 32.2. The zero-order valence-corrected chi connectivity index (χ0v) is 17.9. The minimum Gasteiger partial charge on any atom is -0.507 e. The van der Waals surface area contributed by atoms with Gasteiger partial charge in [0.25, 0.3) is 5.91 Å². The molecular weight excluding hydrogens is 414 g/mol. The minimum absolute atomic E-state index is 0.0901. The molecule has 1 heterocycles. The molecule has 1 fully saturated rings. The Morgan fingerprint density at radius 1 is 1.03 bits per heavy atom. The van der Waals surface area contributed by atoms with Gasteiger partial charge in [-0.1, -0.05) is 36.4 Å². The van der Waals surface area contributed by atoms with E-state index < -0.39 is 15.9 Å². The van der Waals surface area contributed by atoms with Gasteiger partial charge in [0, 0.05) is 29.6 Å². The monoisotopic (exact) mass is 437 g/mol. The van der Waals surface area contributed by atoms with E-state index in [0.29, 0.717) is 29.8 Å². The first-order chi connectivity index (χ1) is 14.9. The Kier molecular flexibility index (Phi) is 5.75. The highest BCUT2D eigenvalue weighted by Crippen LogP contribution is 2.29. The summed E-state index contributed by atoms with van der Waals surface area (Å²) in [6.45, 7) is 2.67. The zero-order valence-electron chi connectivity index (χ0n) is 17.1. The molecule has 1 aliphatic rings. The van der Waals surface area contributed by atoms with Crippen molar-refractivity contribution in [3.8, 4) is 5.75 Å². The molecule has 0 bridgehead atoms. The molecule has 0 aromatic heterocycles. The van der Waals surface area contributed by atoms with Crippen LogP contribution in [0.2, 0.25) is 0 Å². The van der Waals surface area contributed by atoms with Crippen molar-refractivity contribution >= 4 is 32.4 Å². The van der Waals surface area contributed by atoms with E-state index in [2.05, 4.69) is 10.5 Å². The number of fused-ring (bicyclic) bond motifs is 1. The topological polar surface area (TPSA) is 99.1 Å². The Morgan fingerprint density at radius 2 is 1.77 bits per heavy atom. The van der Waals surface area contributed by atoms with Crippen LogP contribution in [0.25, 0.3) is 10.8 Å². The standard InChI is InChI=1S/C23H23N3O4S/c1-16(20-12-11-17-7-2-3-10-21(17)22(20)27)24-25-23(28)18-8-6-9-19(15-18)31(29,30)26-13-4-5-14-26/h2-3,6-12,15,27H,4-5,13-14H2,1H3,(H,25,28). The fourth-order valence-electron chi connectivity index (χ4n) is 3.68. The molecule has 0 spiro atoms. The third-order valence-electron chi connectivity index (χ3n) is 5.41. The second-order valence-corrected chi connectivity index (χ2v) is 9.40. The lowest BCUT2D eigenvalue weighted by molar-refractivity contribution is 0.0954. The molecule has 1 saturated heterocycles. The van der Waals surface area contributed by atoms with Crippen LogP contribution in [-0.2, 0) is 10.0 Å². The Bertz CT molecular complexity index is 1280. The fraction of sp³-hybridized carbons (Fsp3) is 0.217. The van der Waals surface area contributed by atoms with Crippen LogP contribution >= 0.6 is 0 Å². The Labute approximate surface area is 181 Å². The number of phenols is 1. The van der Waals surface area contributed by atoms with Crippen LogP contribution in [-0.4, -0.2) is 42.5 Å². The smallest absolute Gasteiger partial charge is 0.271 e. The summed E-state index contributed by atoms with van der Waals surface area (Å²) in [6, 6.07) is 17.0. The van der Waals surface area contributed by atoms with Crippen molar-refractivity contribution in [2.75, 3.05) is 13.1 Å². The molecule has 160 valence electrons. The molecule has 3 aromatic rings. The van der Waals surface area contributed by atoms with E-state index in [1.165, 1.54) is 22.5 Å². The number of carbonyl (C=O) groups is 1. The second-order valence-electron chi connectivity index (χ2n) is 7.46. The summed E-state index contributed by atoms with van der Waals surface area (Å²) < 4.78 is 26.9. The number of sulfonamides is 1. The third kappa shape index (κ3) is 4.17. The Hall–Kier alpha value is -3.23. The number of hydrazone groups is 1. The Balaban J connectivity index is 1.55. The average Bonchev–Trinajstić information content (AvgIpc) is 3.34. The lowest BCUT2D eigenvalue weighted by atomic mass is 10.0. The van der Waals surface area contributed by atoms with Gasteiger partial charge in [0.1, 0.15) is 5.75 Å². The predicted octanol–water partition coefficient (Wildman–Crippen LogP) is 3.48. The fourth-order valence-corrected chi connectivity index (χ4v) is 5.25. The van der Waals surface area contributed by atoms with Crippen molar-refractivity contribution in [2.45, 2.75) is 24.7 Å². The maximum absolute atomic E-state index is 12.7. The molecular formula is C23H23N3O4S. The van der Waals surface area contributed by atoms with E-state index in [4.69, 9.17) is 0 Å². The van der Waals surface area contributed by atoms with E-state index in [-0.39, 0.29) is 16.2 Å². The quantitative estimate of drug-likeness (QED) is 0.471. The second kappa shape index (κ2) is 8.49. The van der Waals surface area contributed by atoms with E-state index in [0.717, 1.165) is 18.2 Å². The van der Waals surface area contributed by atoms with Crippen LogP contribution in [0.3, 0.4) is 0 Å². The van der Waals surface area contributed by atoms with Gasteiger partial charge in [-0.25, -0.2) is 13.8 Å².